The molecule has 0 aromatic carbocycles. The predicted molar refractivity (Wildman–Crippen MR) is 81.2 cm³/mol. The molecule has 1 amide bonds. The van der Waals surface area contributed by atoms with Gasteiger partial charge in [0.1, 0.15) is 0 Å². The summed E-state index contributed by atoms with van der Waals surface area (Å²) < 4.78 is 0. The first-order chi connectivity index (χ1) is 8.76. The number of H-pyrrole nitrogens is 1. The first-order valence-corrected chi connectivity index (χ1v) is 7.72. The van der Waals surface area contributed by atoms with Gasteiger partial charge in [-0.15, -0.1) is 12.4 Å². The molecule has 7 heteroatoms. The molecule has 0 saturated heterocycles. The molecule has 1 aromatic heterocycles. The van der Waals surface area contributed by atoms with Crippen LogP contribution in [0.3, 0.4) is 0 Å². The maximum Gasteiger partial charge on any atom is 0.272 e. The first-order valence-electron chi connectivity index (χ1n) is 6.32. The highest BCUT2D eigenvalue weighted by molar-refractivity contribution is 7.98. The molecule has 0 saturated carbocycles. The van der Waals surface area contributed by atoms with E-state index in [0.29, 0.717) is 5.69 Å². The average Bonchev–Trinajstić information content (AvgIpc) is 2.82. The molecule has 0 radical (unpaired) electrons. The van der Waals surface area contributed by atoms with Crippen molar-refractivity contribution in [3.8, 4) is 0 Å². The standard InChI is InChI=1S/C12H20N4OS.ClH/c1-3-8(7-18-2)14-12(17)11-9-6-13-5-4-10(9)15-16-11;/h8,13H,3-7H2,1-2H3,(H,14,17)(H,15,16);1H. The van der Waals surface area contributed by atoms with E-state index >= 15 is 0 Å². The molecular formula is C12H21ClN4OS. The third-order valence-electron chi connectivity index (χ3n) is 3.22. The van der Waals surface area contributed by atoms with Crippen LogP contribution >= 0.6 is 24.2 Å². The molecule has 0 bridgehead atoms. The largest absolute Gasteiger partial charge is 0.347 e. The Morgan fingerprint density at radius 1 is 1.58 bits per heavy atom. The molecule has 0 aliphatic carbocycles. The summed E-state index contributed by atoms with van der Waals surface area (Å²) in [5.74, 6) is 0.879. The fourth-order valence-electron chi connectivity index (χ4n) is 2.13. The van der Waals surface area contributed by atoms with Crippen molar-refractivity contribution in [1.82, 2.24) is 20.8 Å². The smallest absolute Gasteiger partial charge is 0.272 e. The minimum absolute atomic E-state index is 0. The molecule has 5 nitrogen and oxygen atoms in total. The van der Waals surface area contributed by atoms with Crippen molar-refractivity contribution in [1.29, 1.82) is 0 Å². The van der Waals surface area contributed by atoms with E-state index in [4.69, 9.17) is 0 Å². The van der Waals surface area contributed by atoms with Crippen LogP contribution < -0.4 is 10.6 Å². The van der Waals surface area contributed by atoms with Gasteiger partial charge in [-0.2, -0.15) is 16.9 Å². The fourth-order valence-corrected chi connectivity index (χ4v) is 2.85. The zero-order valence-corrected chi connectivity index (χ0v) is 12.9. The zero-order valence-electron chi connectivity index (χ0n) is 11.3. The second kappa shape index (κ2) is 7.77. The molecule has 0 fully saturated rings. The number of hydrogen-bond donors (Lipinski definition) is 3. The van der Waals surface area contributed by atoms with Gasteiger partial charge in [0.25, 0.3) is 5.91 Å². The summed E-state index contributed by atoms with van der Waals surface area (Å²) in [6.45, 7) is 3.76. The maximum absolute atomic E-state index is 12.2. The second-order valence-corrected chi connectivity index (χ2v) is 5.40. The Balaban J connectivity index is 0.00000180. The van der Waals surface area contributed by atoms with Crippen LogP contribution in [0.1, 0.15) is 35.1 Å². The van der Waals surface area contributed by atoms with Gasteiger partial charge in [-0.25, -0.2) is 0 Å². The number of rotatable bonds is 5. The number of aromatic amines is 1. The maximum atomic E-state index is 12.2. The van der Waals surface area contributed by atoms with Gasteiger partial charge in [0.05, 0.1) is 0 Å². The van der Waals surface area contributed by atoms with Gasteiger partial charge in [-0.3, -0.25) is 9.89 Å². The minimum atomic E-state index is -0.0582. The van der Waals surface area contributed by atoms with E-state index in [2.05, 4.69) is 34.0 Å². The molecular weight excluding hydrogens is 284 g/mol. The molecule has 2 heterocycles. The summed E-state index contributed by atoms with van der Waals surface area (Å²) in [7, 11) is 0. The van der Waals surface area contributed by atoms with Gasteiger partial charge in [-0.1, -0.05) is 6.92 Å². The number of halogens is 1. The molecule has 1 aliphatic rings. The number of aromatic nitrogens is 2. The molecule has 2 rings (SSSR count). The number of amides is 1. The lowest BCUT2D eigenvalue weighted by molar-refractivity contribution is 0.0934. The monoisotopic (exact) mass is 304 g/mol. The fraction of sp³-hybridized carbons (Fsp3) is 0.667. The van der Waals surface area contributed by atoms with Gasteiger partial charge in [0.2, 0.25) is 0 Å². The van der Waals surface area contributed by atoms with E-state index in [1.807, 2.05) is 0 Å². The summed E-state index contributed by atoms with van der Waals surface area (Å²) in [6, 6.07) is 0.219. The number of nitrogens with zero attached hydrogens (tertiary/aromatic N) is 1. The zero-order chi connectivity index (χ0) is 13.0. The lowest BCUT2D eigenvalue weighted by Crippen LogP contribution is -2.37. The highest BCUT2D eigenvalue weighted by Crippen LogP contribution is 2.15. The summed E-state index contributed by atoms with van der Waals surface area (Å²) >= 11 is 1.75. The van der Waals surface area contributed by atoms with E-state index in [1.54, 1.807) is 11.8 Å². The van der Waals surface area contributed by atoms with Crippen molar-refractivity contribution in [2.24, 2.45) is 0 Å². The van der Waals surface area contributed by atoms with Gasteiger partial charge in [0.15, 0.2) is 5.69 Å². The molecule has 19 heavy (non-hydrogen) atoms. The third kappa shape index (κ3) is 3.87. The molecule has 108 valence electrons. The van der Waals surface area contributed by atoms with E-state index in [1.165, 1.54) is 0 Å². The van der Waals surface area contributed by atoms with Crippen molar-refractivity contribution < 1.29 is 4.79 Å². The first kappa shape index (κ1) is 16.3. The van der Waals surface area contributed by atoms with Gasteiger partial charge in [0, 0.05) is 42.6 Å². The summed E-state index contributed by atoms with van der Waals surface area (Å²) in [6.07, 6.45) is 3.91. The van der Waals surface area contributed by atoms with Crippen LogP contribution in [0.2, 0.25) is 0 Å². The van der Waals surface area contributed by atoms with Gasteiger partial charge < -0.3 is 10.6 Å². The third-order valence-corrected chi connectivity index (χ3v) is 3.95. The van der Waals surface area contributed by atoms with Crippen LogP contribution in [0.15, 0.2) is 0 Å². The topological polar surface area (TPSA) is 69.8 Å². The number of carbonyl (C=O) groups excluding carboxylic acids is 1. The van der Waals surface area contributed by atoms with Crippen molar-refractivity contribution >= 4 is 30.1 Å². The quantitative estimate of drug-likeness (QED) is 0.768. The Morgan fingerprint density at radius 3 is 3.05 bits per heavy atom. The number of hydrogen-bond acceptors (Lipinski definition) is 4. The molecule has 1 atom stereocenters. The number of nitrogens with one attached hydrogen (secondary N) is 3. The van der Waals surface area contributed by atoms with Gasteiger partial charge >= 0.3 is 0 Å². The van der Waals surface area contributed by atoms with E-state index in [-0.39, 0.29) is 24.4 Å². The lowest BCUT2D eigenvalue weighted by atomic mass is 10.1. The van der Waals surface area contributed by atoms with Crippen LogP contribution in [0.5, 0.6) is 0 Å². The SMILES string of the molecule is CCC(CSC)NC(=O)c1n[nH]c2c1CNCC2.Cl. The second-order valence-electron chi connectivity index (χ2n) is 4.49. The van der Waals surface area contributed by atoms with Crippen LogP contribution in [-0.4, -0.2) is 40.7 Å². The van der Waals surface area contributed by atoms with Crippen molar-refractivity contribution in [2.75, 3.05) is 18.6 Å². The molecule has 1 aromatic rings. The number of thioether (sulfide) groups is 1. The van der Waals surface area contributed by atoms with Gasteiger partial charge in [-0.05, 0) is 12.7 Å². The Kier molecular flexibility index (Phi) is 6.68. The van der Waals surface area contributed by atoms with E-state index < -0.39 is 0 Å². The highest BCUT2D eigenvalue weighted by Gasteiger charge is 2.22. The lowest BCUT2D eigenvalue weighted by Gasteiger charge is -2.16. The highest BCUT2D eigenvalue weighted by atomic mass is 35.5. The normalized spacial score (nSPS) is 15.3. The molecule has 0 spiro atoms. The van der Waals surface area contributed by atoms with Crippen LogP contribution in [0, 0.1) is 0 Å². The van der Waals surface area contributed by atoms with E-state index in [9.17, 15) is 4.79 Å². The summed E-state index contributed by atoms with van der Waals surface area (Å²) in [5.41, 5.74) is 2.67. The van der Waals surface area contributed by atoms with E-state index in [0.717, 1.165) is 42.9 Å². The Bertz CT molecular complexity index is 424. The predicted octanol–water partition coefficient (Wildman–Crippen LogP) is 1.35. The minimum Gasteiger partial charge on any atom is -0.347 e. The summed E-state index contributed by atoms with van der Waals surface area (Å²) in [4.78, 5) is 12.2. The van der Waals surface area contributed by atoms with Crippen molar-refractivity contribution in [3.63, 3.8) is 0 Å². The Morgan fingerprint density at radius 2 is 2.37 bits per heavy atom. The average molecular weight is 305 g/mol. The van der Waals surface area contributed by atoms with Crippen LogP contribution in [0.4, 0.5) is 0 Å². The van der Waals surface area contributed by atoms with Crippen LogP contribution in [0.25, 0.3) is 0 Å². The van der Waals surface area contributed by atoms with Crippen molar-refractivity contribution in [3.05, 3.63) is 17.0 Å². The summed E-state index contributed by atoms with van der Waals surface area (Å²) in [5, 5.41) is 13.5. The molecule has 3 N–H and O–H groups in total. The van der Waals surface area contributed by atoms with Crippen LogP contribution in [-0.2, 0) is 13.0 Å². The Labute approximate surface area is 124 Å². The molecule has 1 aliphatic heterocycles. The molecule has 1 unspecified atom stereocenters. The Hall–Kier alpha value is -0.720. The van der Waals surface area contributed by atoms with Crippen molar-refractivity contribution in [2.45, 2.75) is 32.4 Å². The number of fused-ring (bicyclic) bond motifs is 1. The number of carbonyl (C=O) groups is 1.